The molecule has 0 bridgehead atoms. The minimum Gasteiger partial charge on any atom is -0.493 e. The zero-order valence-electron chi connectivity index (χ0n) is 12.0. The minimum absolute atomic E-state index is 0.209. The van der Waals surface area contributed by atoms with Gasteiger partial charge in [-0.25, -0.2) is 0 Å². The minimum atomic E-state index is -0.209. The average molecular weight is 279 g/mol. The molecule has 1 aliphatic heterocycles. The van der Waals surface area contributed by atoms with E-state index in [9.17, 15) is 4.79 Å². The lowest BCUT2D eigenvalue weighted by Crippen LogP contribution is -2.21. The van der Waals surface area contributed by atoms with E-state index < -0.39 is 0 Å². The first-order valence-electron chi connectivity index (χ1n) is 6.94. The molecular formula is C15H21NO4. The lowest BCUT2D eigenvalue weighted by molar-refractivity contribution is -0.140. The van der Waals surface area contributed by atoms with Crippen LogP contribution in [-0.4, -0.2) is 32.8 Å². The van der Waals surface area contributed by atoms with Crippen molar-refractivity contribution in [1.82, 2.24) is 5.32 Å². The highest BCUT2D eigenvalue weighted by Gasteiger charge is 2.23. The Morgan fingerprint density at radius 1 is 1.50 bits per heavy atom. The molecule has 5 heteroatoms. The van der Waals surface area contributed by atoms with Gasteiger partial charge in [-0.3, -0.25) is 4.79 Å². The van der Waals surface area contributed by atoms with Crippen molar-refractivity contribution in [3.8, 4) is 11.5 Å². The lowest BCUT2D eigenvalue weighted by atomic mass is 10.1. The van der Waals surface area contributed by atoms with Gasteiger partial charge in [0.05, 0.1) is 19.8 Å². The standard InChI is InChI=1S/C15H21NO4/c1-3-16-13-10-20-14-9-11(6-7-12(13)14)19-8-4-5-15(17)18-2/h6-7,9,13,16H,3-5,8,10H2,1-2H3. The van der Waals surface area contributed by atoms with E-state index in [1.165, 1.54) is 12.7 Å². The van der Waals surface area contributed by atoms with Crippen molar-refractivity contribution in [3.05, 3.63) is 23.8 Å². The summed E-state index contributed by atoms with van der Waals surface area (Å²) in [6, 6.07) is 6.15. The quantitative estimate of drug-likeness (QED) is 0.611. The molecule has 110 valence electrons. The number of hydrogen-bond acceptors (Lipinski definition) is 5. The summed E-state index contributed by atoms with van der Waals surface area (Å²) in [6.45, 7) is 4.15. The van der Waals surface area contributed by atoms with Crippen molar-refractivity contribution < 1.29 is 19.0 Å². The molecule has 2 rings (SSSR count). The van der Waals surface area contributed by atoms with Crippen LogP contribution in [0.3, 0.4) is 0 Å². The first-order valence-corrected chi connectivity index (χ1v) is 6.94. The maximum Gasteiger partial charge on any atom is 0.305 e. The van der Waals surface area contributed by atoms with Crippen LogP contribution in [0.1, 0.15) is 31.4 Å². The Kier molecular flexibility index (Phi) is 5.24. The fourth-order valence-corrected chi connectivity index (χ4v) is 2.20. The molecular weight excluding hydrogens is 258 g/mol. The number of nitrogens with one attached hydrogen (secondary N) is 1. The Balaban J connectivity index is 1.84. The maximum absolute atomic E-state index is 11.0. The van der Waals surface area contributed by atoms with Gasteiger partial charge in [-0.1, -0.05) is 6.92 Å². The Morgan fingerprint density at radius 3 is 3.10 bits per heavy atom. The topological polar surface area (TPSA) is 56.8 Å². The number of esters is 1. The summed E-state index contributed by atoms with van der Waals surface area (Å²) in [5.74, 6) is 1.44. The molecule has 0 saturated carbocycles. The number of ether oxygens (including phenoxy) is 3. The number of fused-ring (bicyclic) bond motifs is 1. The molecule has 1 aromatic carbocycles. The highest BCUT2D eigenvalue weighted by atomic mass is 16.5. The molecule has 0 amide bonds. The molecule has 0 aliphatic carbocycles. The van der Waals surface area contributed by atoms with Gasteiger partial charge in [-0.05, 0) is 25.1 Å². The second-order valence-corrected chi connectivity index (χ2v) is 4.65. The second-order valence-electron chi connectivity index (χ2n) is 4.65. The fraction of sp³-hybridized carbons (Fsp3) is 0.533. The van der Waals surface area contributed by atoms with Crippen LogP contribution in [0.25, 0.3) is 0 Å². The van der Waals surface area contributed by atoms with Gasteiger partial charge in [-0.2, -0.15) is 0 Å². The van der Waals surface area contributed by atoms with Gasteiger partial charge in [0.2, 0.25) is 0 Å². The summed E-state index contributed by atoms with van der Waals surface area (Å²) in [5.41, 5.74) is 1.17. The lowest BCUT2D eigenvalue weighted by Gasteiger charge is -2.10. The third-order valence-electron chi connectivity index (χ3n) is 3.24. The molecule has 1 aliphatic rings. The predicted octanol–water partition coefficient (Wildman–Crippen LogP) is 2.06. The molecule has 1 atom stereocenters. The van der Waals surface area contributed by atoms with E-state index >= 15 is 0 Å². The molecule has 0 aromatic heterocycles. The number of rotatable bonds is 7. The number of hydrogen-bond donors (Lipinski definition) is 1. The number of benzene rings is 1. The monoisotopic (exact) mass is 279 g/mol. The molecule has 0 radical (unpaired) electrons. The molecule has 0 saturated heterocycles. The Bertz CT molecular complexity index is 461. The number of methoxy groups -OCH3 is 1. The van der Waals surface area contributed by atoms with Gasteiger partial charge in [0, 0.05) is 18.1 Å². The van der Waals surface area contributed by atoms with Gasteiger partial charge in [-0.15, -0.1) is 0 Å². The average Bonchev–Trinajstić information content (AvgIpc) is 2.86. The predicted molar refractivity (Wildman–Crippen MR) is 75.1 cm³/mol. The van der Waals surface area contributed by atoms with Crippen molar-refractivity contribution in [3.63, 3.8) is 0 Å². The van der Waals surface area contributed by atoms with Crippen LogP contribution in [0, 0.1) is 0 Å². The second kappa shape index (κ2) is 7.14. The number of carbonyl (C=O) groups is 1. The summed E-state index contributed by atoms with van der Waals surface area (Å²) in [5, 5.41) is 3.37. The number of likely N-dealkylation sites (N-methyl/N-ethyl adjacent to an activating group) is 1. The van der Waals surface area contributed by atoms with Crippen LogP contribution in [0.15, 0.2) is 18.2 Å². The highest BCUT2D eigenvalue weighted by Crippen LogP contribution is 2.35. The van der Waals surface area contributed by atoms with Crippen LogP contribution >= 0.6 is 0 Å². The van der Waals surface area contributed by atoms with Crippen molar-refractivity contribution in [2.75, 3.05) is 26.9 Å². The van der Waals surface area contributed by atoms with E-state index in [1.54, 1.807) is 0 Å². The highest BCUT2D eigenvalue weighted by molar-refractivity contribution is 5.69. The maximum atomic E-state index is 11.0. The van der Waals surface area contributed by atoms with Crippen LogP contribution in [-0.2, 0) is 9.53 Å². The molecule has 5 nitrogen and oxygen atoms in total. The zero-order valence-corrected chi connectivity index (χ0v) is 12.0. The summed E-state index contributed by atoms with van der Waals surface area (Å²) in [4.78, 5) is 11.0. The van der Waals surface area contributed by atoms with E-state index in [1.807, 2.05) is 18.2 Å². The van der Waals surface area contributed by atoms with Gasteiger partial charge < -0.3 is 19.5 Å². The van der Waals surface area contributed by atoms with Gasteiger partial charge in [0.1, 0.15) is 18.1 Å². The molecule has 1 heterocycles. The molecule has 0 spiro atoms. The molecule has 1 aromatic rings. The Hall–Kier alpha value is -1.75. The van der Waals surface area contributed by atoms with Crippen LogP contribution in [0.4, 0.5) is 0 Å². The summed E-state index contributed by atoms with van der Waals surface area (Å²) in [6.07, 6.45) is 1.02. The molecule has 20 heavy (non-hydrogen) atoms. The van der Waals surface area contributed by atoms with E-state index in [0.717, 1.165) is 18.0 Å². The summed E-state index contributed by atoms with van der Waals surface area (Å²) < 4.78 is 15.8. The smallest absolute Gasteiger partial charge is 0.305 e. The van der Waals surface area contributed by atoms with E-state index in [0.29, 0.717) is 26.1 Å². The van der Waals surface area contributed by atoms with Crippen molar-refractivity contribution in [2.24, 2.45) is 0 Å². The SMILES string of the molecule is CCNC1COc2cc(OCCCC(=O)OC)ccc21. The van der Waals surface area contributed by atoms with E-state index in [2.05, 4.69) is 17.0 Å². The summed E-state index contributed by atoms with van der Waals surface area (Å²) >= 11 is 0. The third-order valence-corrected chi connectivity index (χ3v) is 3.24. The van der Waals surface area contributed by atoms with Crippen molar-refractivity contribution in [2.45, 2.75) is 25.8 Å². The Morgan fingerprint density at radius 2 is 2.35 bits per heavy atom. The zero-order chi connectivity index (χ0) is 14.4. The van der Waals surface area contributed by atoms with Gasteiger partial charge >= 0.3 is 5.97 Å². The van der Waals surface area contributed by atoms with E-state index in [4.69, 9.17) is 9.47 Å². The number of carbonyl (C=O) groups excluding carboxylic acids is 1. The first kappa shape index (κ1) is 14.7. The normalized spacial score (nSPS) is 16.4. The van der Waals surface area contributed by atoms with Crippen molar-refractivity contribution >= 4 is 5.97 Å². The van der Waals surface area contributed by atoms with Crippen molar-refractivity contribution in [1.29, 1.82) is 0 Å². The molecule has 0 fully saturated rings. The largest absolute Gasteiger partial charge is 0.493 e. The van der Waals surface area contributed by atoms with E-state index in [-0.39, 0.29) is 12.0 Å². The summed E-state index contributed by atoms with van der Waals surface area (Å²) in [7, 11) is 1.39. The van der Waals surface area contributed by atoms with Crippen LogP contribution in [0.2, 0.25) is 0 Å². The van der Waals surface area contributed by atoms with Gasteiger partial charge in [0.25, 0.3) is 0 Å². The fourth-order valence-electron chi connectivity index (χ4n) is 2.20. The van der Waals surface area contributed by atoms with Crippen LogP contribution < -0.4 is 14.8 Å². The van der Waals surface area contributed by atoms with Gasteiger partial charge in [0.15, 0.2) is 0 Å². The molecule has 1 unspecified atom stereocenters. The van der Waals surface area contributed by atoms with Crippen LogP contribution in [0.5, 0.6) is 11.5 Å². The Labute approximate surface area is 119 Å². The first-order chi connectivity index (χ1) is 9.74. The third kappa shape index (κ3) is 3.63. The molecule has 1 N–H and O–H groups in total.